The van der Waals surface area contributed by atoms with Crippen LogP contribution in [0.1, 0.15) is 21.5 Å². The van der Waals surface area contributed by atoms with E-state index in [1.807, 2.05) is 11.9 Å². The van der Waals surface area contributed by atoms with Gasteiger partial charge in [-0.2, -0.15) is 13.2 Å². The number of piperazine rings is 1. The quantitative estimate of drug-likeness (QED) is 0.379. The van der Waals surface area contributed by atoms with Crippen LogP contribution in [0.2, 0.25) is 5.02 Å². The first-order valence-corrected chi connectivity index (χ1v) is 9.82. The third kappa shape index (κ3) is 5.89. The molecule has 1 heterocycles. The molecule has 1 N–H and O–H groups in total. The first-order valence-electron chi connectivity index (χ1n) is 9.44. The summed E-state index contributed by atoms with van der Waals surface area (Å²) in [5.74, 6) is -0.647. The predicted octanol–water partition coefficient (Wildman–Crippen LogP) is 5.30. The van der Waals surface area contributed by atoms with Gasteiger partial charge in [-0.05, 0) is 48.5 Å². The molecule has 0 atom stereocenters. The second-order valence-electron chi connectivity index (χ2n) is 7.26. The Balaban J connectivity index is 1.81. The lowest BCUT2D eigenvalue weighted by Crippen LogP contribution is -2.44. The van der Waals surface area contributed by atoms with Gasteiger partial charge in [-0.3, -0.25) is 9.69 Å². The van der Waals surface area contributed by atoms with Crippen molar-refractivity contribution in [1.82, 2.24) is 9.80 Å². The van der Waals surface area contributed by atoms with E-state index >= 15 is 0 Å². The average molecular weight is 453 g/mol. The SMILES string of the molecule is CN1CCN(Cc2ccc(NC(=O)c3ccc(Cl)c(N=[N+]=[N-])c3)cc2C(F)(F)F)CC1. The van der Waals surface area contributed by atoms with E-state index in [9.17, 15) is 18.0 Å². The molecule has 0 aliphatic carbocycles. The number of carbonyl (C=O) groups excluding carboxylic acids is 1. The number of alkyl halides is 3. The van der Waals surface area contributed by atoms with Crippen molar-refractivity contribution in [2.24, 2.45) is 5.11 Å². The Labute approximate surface area is 182 Å². The Morgan fingerprint density at radius 1 is 1.19 bits per heavy atom. The molecule has 0 bridgehead atoms. The fraction of sp³-hybridized carbons (Fsp3) is 0.350. The molecule has 2 aromatic rings. The van der Waals surface area contributed by atoms with Crippen molar-refractivity contribution in [3.05, 3.63) is 68.6 Å². The van der Waals surface area contributed by atoms with Crippen LogP contribution in [0.15, 0.2) is 41.5 Å². The largest absolute Gasteiger partial charge is 0.416 e. The number of rotatable bonds is 5. The molecule has 1 fully saturated rings. The van der Waals surface area contributed by atoms with E-state index in [1.54, 1.807) is 0 Å². The summed E-state index contributed by atoms with van der Waals surface area (Å²) < 4.78 is 41.1. The number of azide groups is 1. The molecule has 2 aromatic carbocycles. The number of nitrogens with one attached hydrogen (secondary N) is 1. The van der Waals surface area contributed by atoms with Gasteiger partial charge in [-0.15, -0.1) is 0 Å². The number of anilines is 1. The number of hydrogen-bond acceptors (Lipinski definition) is 4. The van der Waals surface area contributed by atoms with Gasteiger partial charge in [0, 0.05) is 48.9 Å². The van der Waals surface area contributed by atoms with E-state index in [0.29, 0.717) is 13.1 Å². The minimum absolute atomic E-state index is 0.0136. The second kappa shape index (κ2) is 9.57. The van der Waals surface area contributed by atoms with Crippen molar-refractivity contribution >= 4 is 28.9 Å². The highest BCUT2D eigenvalue weighted by molar-refractivity contribution is 6.33. The van der Waals surface area contributed by atoms with Crippen LogP contribution in [0.4, 0.5) is 24.5 Å². The summed E-state index contributed by atoms with van der Waals surface area (Å²) in [5.41, 5.74) is 8.10. The maximum Gasteiger partial charge on any atom is 0.416 e. The van der Waals surface area contributed by atoms with E-state index in [2.05, 4.69) is 20.2 Å². The van der Waals surface area contributed by atoms with E-state index in [4.69, 9.17) is 17.1 Å². The van der Waals surface area contributed by atoms with Crippen LogP contribution in [0, 0.1) is 0 Å². The molecule has 31 heavy (non-hydrogen) atoms. The molecule has 0 aromatic heterocycles. The predicted molar refractivity (Wildman–Crippen MR) is 112 cm³/mol. The Bertz CT molecular complexity index is 1010. The van der Waals surface area contributed by atoms with Crippen LogP contribution >= 0.6 is 11.6 Å². The summed E-state index contributed by atoms with van der Waals surface area (Å²) in [7, 11) is 1.98. The molecule has 1 amide bonds. The number of halogens is 4. The smallest absolute Gasteiger partial charge is 0.322 e. The lowest BCUT2D eigenvalue weighted by molar-refractivity contribution is -0.138. The summed E-state index contributed by atoms with van der Waals surface area (Å²) in [6.45, 7) is 3.17. The molecular weight excluding hydrogens is 433 g/mol. The number of carbonyl (C=O) groups is 1. The van der Waals surface area contributed by atoms with Crippen LogP contribution in [-0.4, -0.2) is 48.9 Å². The Hall–Kier alpha value is -2.78. The highest BCUT2D eigenvalue weighted by Gasteiger charge is 2.34. The summed E-state index contributed by atoms with van der Waals surface area (Å²) in [4.78, 5) is 19.2. The van der Waals surface area contributed by atoms with Gasteiger partial charge in [-0.1, -0.05) is 22.8 Å². The highest BCUT2D eigenvalue weighted by Crippen LogP contribution is 2.35. The molecule has 3 rings (SSSR count). The fourth-order valence-corrected chi connectivity index (χ4v) is 3.44. The third-order valence-corrected chi connectivity index (χ3v) is 5.34. The molecule has 164 valence electrons. The maximum absolute atomic E-state index is 13.7. The molecular formula is C20H20ClF3N6O. The summed E-state index contributed by atoms with van der Waals surface area (Å²) in [5, 5.41) is 6.00. The van der Waals surface area contributed by atoms with Gasteiger partial charge in [0.05, 0.1) is 16.3 Å². The van der Waals surface area contributed by atoms with E-state index < -0.39 is 17.6 Å². The highest BCUT2D eigenvalue weighted by atomic mass is 35.5. The van der Waals surface area contributed by atoms with Gasteiger partial charge in [0.15, 0.2) is 0 Å². The lowest BCUT2D eigenvalue weighted by Gasteiger charge is -2.33. The van der Waals surface area contributed by atoms with E-state index in [0.717, 1.165) is 19.2 Å². The number of benzene rings is 2. The minimum Gasteiger partial charge on any atom is -0.322 e. The number of amides is 1. The Morgan fingerprint density at radius 3 is 2.55 bits per heavy atom. The van der Waals surface area contributed by atoms with Crippen LogP contribution in [0.25, 0.3) is 10.4 Å². The Kier molecular flexibility index (Phi) is 7.07. The van der Waals surface area contributed by atoms with Gasteiger partial charge >= 0.3 is 6.18 Å². The zero-order chi connectivity index (χ0) is 22.6. The topological polar surface area (TPSA) is 84.3 Å². The normalized spacial score (nSPS) is 15.4. The van der Waals surface area contributed by atoms with Gasteiger partial charge in [0.25, 0.3) is 5.91 Å². The minimum atomic E-state index is -4.56. The zero-order valence-corrected chi connectivity index (χ0v) is 17.4. The molecule has 0 saturated carbocycles. The van der Waals surface area contributed by atoms with Gasteiger partial charge in [0.2, 0.25) is 0 Å². The van der Waals surface area contributed by atoms with Crippen LogP contribution in [0.5, 0.6) is 0 Å². The summed E-state index contributed by atoms with van der Waals surface area (Å²) in [6, 6.07) is 7.81. The van der Waals surface area contributed by atoms with E-state index in [-0.39, 0.29) is 34.1 Å². The van der Waals surface area contributed by atoms with Crippen molar-refractivity contribution in [2.45, 2.75) is 12.7 Å². The van der Waals surface area contributed by atoms with Crippen LogP contribution in [0.3, 0.4) is 0 Å². The number of likely N-dealkylation sites (N-methyl/N-ethyl adjacent to an activating group) is 1. The van der Waals surface area contributed by atoms with Gasteiger partial charge in [0.1, 0.15) is 0 Å². The van der Waals surface area contributed by atoms with Crippen molar-refractivity contribution in [1.29, 1.82) is 0 Å². The van der Waals surface area contributed by atoms with Crippen LogP contribution in [-0.2, 0) is 12.7 Å². The first-order chi connectivity index (χ1) is 14.7. The van der Waals surface area contributed by atoms with Crippen molar-refractivity contribution in [3.8, 4) is 0 Å². The van der Waals surface area contributed by atoms with Crippen LogP contribution < -0.4 is 5.32 Å². The molecule has 1 aliphatic rings. The summed E-state index contributed by atoms with van der Waals surface area (Å²) >= 11 is 5.89. The van der Waals surface area contributed by atoms with Crippen molar-refractivity contribution in [3.63, 3.8) is 0 Å². The first kappa shape index (κ1) is 22.9. The molecule has 0 spiro atoms. The standard InChI is InChI=1S/C20H20ClF3N6O/c1-29-6-8-30(9-7-29)12-14-2-4-15(11-16(14)20(22,23)24)26-19(31)13-3-5-17(21)18(10-13)27-28-25/h2-5,10-11H,6-9,12H2,1H3,(H,26,31). The summed E-state index contributed by atoms with van der Waals surface area (Å²) in [6.07, 6.45) is -4.56. The zero-order valence-electron chi connectivity index (χ0n) is 16.7. The van der Waals surface area contributed by atoms with Gasteiger partial charge < -0.3 is 10.2 Å². The molecule has 11 heteroatoms. The van der Waals surface area contributed by atoms with Crippen molar-refractivity contribution in [2.75, 3.05) is 38.5 Å². The lowest BCUT2D eigenvalue weighted by atomic mass is 10.0. The number of nitrogens with zero attached hydrogens (tertiary/aromatic N) is 5. The number of hydrogen-bond donors (Lipinski definition) is 1. The molecule has 7 nitrogen and oxygen atoms in total. The fourth-order valence-electron chi connectivity index (χ4n) is 3.28. The Morgan fingerprint density at radius 2 is 1.90 bits per heavy atom. The van der Waals surface area contributed by atoms with Crippen molar-refractivity contribution < 1.29 is 18.0 Å². The monoisotopic (exact) mass is 452 g/mol. The molecule has 1 saturated heterocycles. The second-order valence-corrected chi connectivity index (χ2v) is 7.67. The third-order valence-electron chi connectivity index (χ3n) is 5.02. The molecule has 0 unspecified atom stereocenters. The van der Waals surface area contributed by atoms with Gasteiger partial charge in [-0.25, -0.2) is 0 Å². The van der Waals surface area contributed by atoms with E-state index in [1.165, 1.54) is 30.3 Å². The maximum atomic E-state index is 13.7. The molecule has 0 radical (unpaired) electrons. The molecule has 1 aliphatic heterocycles. The average Bonchev–Trinajstić information content (AvgIpc) is 2.71.